The predicted molar refractivity (Wildman–Crippen MR) is 132 cm³/mol. The van der Waals surface area contributed by atoms with Gasteiger partial charge in [-0.1, -0.05) is 24.3 Å². The third-order valence-electron chi connectivity index (χ3n) is 6.08. The van der Waals surface area contributed by atoms with Gasteiger partial charge in [0.05, 0.1) is 22.5 Å². The van der Waals surface area contributed by atoms with Crippen LogP contribution < -0.4 is 9.80 Å². The Labute approximate surface area is 238 Å². The number of rotatable bonds is 5. The van der Waals surface area contributed by atoms with E-state index in [9.17, 15) is 53.5 Å². The van der Waals surface area contributed by atoms with Gasteiger partial charge in [-0.2, -0.15) is 39.5 Å². The van der Waals surface area contributed by atoms with Crippen molar-refractivity contribution >= 4 is 39.1 Å². The number of carbonyl (C=O) groups excluding carboxylic acids is 2. The summed E-state index contributed by atoms with van der Waals surface area (Å²) in [5.41, 5.74) is -13.5. The molecule has 0 spiro atoms. The Kier molecular flexibility index (Phi) is 8.74. The van der Waals surface area contributed by atoms with Crippen molar-refractivity contribution in [2.75, 3.05) is 23.9 Å². The number of benzene rings is 3. The fourth-order valence-electron chi connectivity index (χ4n) is 3.95. The second-order valence-corrected chi connectivity index (χ2v) is 9.59. The third-order valence-corrected chi connectivity index (χ3v) is 6.69. The highest BCUT2D eigenvalue weighted by atomic mass is 79.9. The normalized spacial score (nSPS) is 12.7. The van der Waals surface area contributed by atoms with E-state index in [0.29, 0.717) is 7.05 Å². The van der Waals surface area contributed by atoms with Crippen LogP contribution in [-0.2, 0) is 11.8 Å². The summed E-state index contributed by atoms with van der Waals surface area (Å²) in [4.78, 5) is 26.8. The first-order valence-corrected chi connectivity index (χ1v) is 12.1. The molecule has 0 fully saturated rings. The molecule has 0 aliphatic rings. The smallest absolute Gasteiger partial charge is 0.310 e. The van der Waals surface area contributed by atoms with E-state index in [-0.39, 0.29) is 16.5 Å². The molecule has 3 aromatic rings. The molecule has 0 atom stereocenters. The van der Waals surface area contributed by atoms with Gasteiger partial charge in [0.25, 0.3) is 11.8 Å². The lowest BCUT2D eigenvalue weighted by Crippen LogP contribution is -2.50. The number of halogens is 12. The summed E-state index contributed by atoms with van der Waals surface area (Å²) in [6.07, 6.45) is -19.2. The molecule has 0 radical (unpaired) electrons. The van der Waals surface area contributed by atoms with Gasteiger partial charge in [0.15, 0.2) is 5.82 Å². The average Bonchev–Trinajstić information content (AvgIpc) is 2.89. The first kappa shape index (κ1) is 32.8. The SMILES string of the molecule is CN(C(=O)c1ccccc1)c1cccc(C(=O)N(C)c2c(Br)cc(C(F)(C(F)(F)F)C(F)(F)F)cc2C(F)(F)F)c1F. The minimum Gasteiger partial charge on any atom is -0.310 e. The Morgan fingerprint density at radius 3 is 1.76 bits per heavy atom. The maximum atomic E-state index is 15.5. The molecular formula is C26H16BrF11N2O2. The molecule has 0 unspecified atom stereocenters. The van der Waals surface area contributed by atoms with E-state index in [0.717, 1.165) is 30.1 Å². The zero-order chi connectivity index (χ0) is 32.0. The molecule has 0 saturated carbocycles. The first-order valence-electron chi connectivity index (χ1n) is 11.3. The second-order valence-electron chi connectivity index (χ2n) is 8.74. The maximum Gasteiger partial charge on any atom is 0.435 e. The molecular weight excluding hydrogens is 661 g/mol. The van der Waals surface area contributed by atoms with Gasteiger partial charge in [-0.15, -0.1) is 0 Å². The second kappa shape index (κ2) is 11.2. The molecule has 2 amide bonds. The molecule has 0 bridgehead atoms. The summed E-state index contributed by atoms with van der Waals surface area (Å²) < 4.78 is 150. The molecule has 0 N–H and O–H groups in total. The number of amides is 2. The van der Waals surface area contributed by atoms with Crippen molar-refractivity contribution in [3.8, 4) is 0 Å². The zero-order valence-electron chi connectivity index (χ0n) is 21.0. The van der Waals surface area contributed by atoms with Gasteiger partial charge in [-0.3, -0.25) is 9.59 Å². The average molecular weight is 677 g/mol. The zero-order valence-corrected chi connectivity index (χ0v) is 22.6. The van der Waals surface area contributed by atoms with E-state index >= 15 is 4.39 Å². The Morgan fingerprint density at radius 1 is 0.714 bits per heavy atom. The van der Waals surface area contributed by atoms with Gasteiger partial charge >= 0.3 is 24.2 Å². The highest BCUT2D eigenvalue weighted by molar-refractivity contribution is 9.10. The van der Waals surface area contributed by atoms with E-state index in [1.165, 1.54) is 24.3 Å². The minimum absolute atomic E-state index is 0.110. The highest BCUT2D eigenvalue weighted by Gasteiger charge is 2.73. The van der Waals surface area contributed by atoms with Gasteiger partial charge in [0.1, 0.15) is 0 Å². The Balaban J connectivity index is 2.15. The van der Waals surface area contributed by atoms with Crippen LogP contribution >= 0.6 is 15.9 Å². The molecule has 3 aromatic carbocycles. The quantitative estimate of drug-likeness (QED) is 0.255. The summed E-state index contributed by atoms with van der Waals surface area (Å²) in [5, 5.41) is 0. The van der Waals surface area contributed by atoms with Crippen molar-refractivity contribution < 1.29 is 57.9 Å². The summed E-state index contributed by atoms with van der Waals surface area (Å²) in [5.74, 6) is -3.64. The van der Waals surface area contributed by atoms with Crippen LogP contribution in [0, 0.1) is 5.82 Å². The van der Waals surface area contributed by atoms with Crippen molar-refractivity contribution in [3.05, 3.63) is 93.2 Å². The van der Waals surface area contributed by atoms with Crippen molar-refractivity contribution in [3.63, 3.8) is 0 Å². The van der Waals surface area contributed by atoms with E-state index in [1.54, 1.807) is 6.07 Å². The third kappa shape index (κ3) is 5.80. The number of nitrogens with zero attached hydrogens (tertiary/aromatic N) is 2. The number of hydrogen-bond donors (Lipinski definition) is 0. The van der Waals surface area contributed by atoms with Crippen LogP contribution in [-0.4, -0.2) is 38.3 Å². The fraction of sp³-hybridized carbons (Fsp3) is 0.231. The van der Waals surface area contributed by atoms with E-state index < -0.39 is 80.4 Å². The van der Waals surface area contributed by atoms with Crippen molar-refractivity contribution in [2.45, 2.75) is 24.2 Å². The highest BCUT2D eigenvalue weighted by Crippen LogP contribution is 2.55. The van der Waals surface area contributed by atoms with Crippen molar-refractivity contribution in [2.24, 2.45) is 0 Å². The van der Waals surface area contributed by atoms with Crippen LogP contribution in [0.5, 0.6) is 0 Å². The molecule has 0 saturated heterocycles. The molecule has 3 rings (SSSR count). The standard InChI is InChI=1S/C26H16BrF11N2O2/c1-39(21(41)13-7-4-3-5-8-13)18-10-6-9-15(19(18)28)22(42)40(2)20-16(24(30,31)32)11-14(12-17(20)27)23(29,25(33,34)35)26(36,37)38/h3-12H,1-2H3. The monoisotopic (exact) mass is 676 g/mol. The van der Waals surface area contributed by atoms with Gasteiger partial charge in [-0.05, 0) is 52.3 Å². The van der Waals surface area contributed by atoms with Crippen LogP contribution in [0.25, 0.3) is 0 Å². The lowest BCUT2D eigenvalue weighted by atomic mass is 9.91. The predicted octanol–water partition coefficient (Wildman–Crippen LogP) is 8.45. The van der Waals surface area contributed by atoms with Gasteiger partial charge in [0.2, 0.25) is 0 Å². The number of alkyl halides is 10. The largest absolute Gasteiger partial charge is 0.435 e. The summed E-state index contributed by atoms with van der Waals surface area (Å²) in [6.45, 7) is 0. The van der Waals surface area contributed by atoms with Crippen LogP contribution in [0.2, 0.25) is 0 Å². The topological polar surface area (TPSA) is 40.6 Å². The van der Waals surface area contributed by atoms with Crippen LogP contribution in [0.3, 0.4) is 0 Å². The van der Waals surface area contributed by atoms with E-state index in [1.807, 2.05) is 0 Å². The lowest BCUT2D eigenvalue weighted by molar-refractivity contribution is -0.348. The molecule has 4 nitrogen and oxygen atoms in total. The molecule has 0 aliphatic carbocycles. The van der Waals surface area contributed by atoms with Crippen molar-refractivity contribution in [1.82, 2.24) is 0 Å². The Bertz CT molecular complexity index is 1490. The van der Waals surface area contributed by atoms with Crippen LogP contribution in [0.4, 0.5) is 59.7 Å². The molecule has 16 heteroatoms. The lowest BCUT2D eigenvalue weighted by Gasteiger charge is -2.32. The Morgan fingerprint density at radius 2 is 1.26 bits per heavy atom. The number of anilines is 2. The van der Waals surface area contributed by atoms with E-state index in [2.05, 4.69) is 15.9 Å². The van der Waals surface area contributed by atoms with E-state index in [4.69, 9.17) is 0 Å². The summed E-state index contributed by atoms with van der Waals surface area (Å²) in [7, 11) is 1.78. The van der Waals surface area contributed by atoms with Crippen LogP contribution in [0.1, 0.15) is 31.8 Å². The number of hydrogen-bond acceptors (Lipinski definition) is 2. The fourth-order valence-corrected chi connectivity index (χ4v) is 4.68. The van der Waals surface area contributed by atoms with Gasteiger partial charge in [-0.25, -0.2) is 8.78 Å². The summed E-state index contributed by atoms with van der Waals surface area (Å²) in [6, 6.07) is 9.52. The first-order chi connectivity index (χ1) is 19.1. The minimum atomic E-state index is -6.72. The number of carbonyl (C=O) groups is 2. The van der Waals surface area contributed by atoms with Crippen molar-refractivity contribution in [1.29, 1.82) is 0 Å². The molecule has 0 aliphatic heterocycles. The molecule has 0 heterocycles. The van der Waals surface area contributed by atoms with Gasteiger partial charge < -0.3 is 9.80 Å². The summed E-state index contributed by atoms with van der Waals surface area (Å²) >= 11 is 2.42. The van der Waals surface area contributed by atoms with Gasteiger partial charge in [0, 0.05) is 29.7 Å². The molecule has 226 valence electrons. The molecule has 0 aromatic heterocycles. The molecule has 42 heavy (non-hydrogen) atoms. The maximum absolute atomic E-state index is 15.5. The van der Waals surface area contributed by atoms with Crippen LogP contribution in [0.15, 0.2) is 65.1 Å². The Hall–Kier alpha value is -3.69.